The molecule has 0 unspecified atom stereocenters. The quantitative estimate of drug-likeness (QED) is 0.619. The lowest BCUT2D eigenvalue weighted by Crippen LogP contribution is -1.98. The van der Waals surface area contributed by atoms with Gasteiger partial charge in [-0.05, 0) is 42.3 Å². The van der Waals surface area contributed by atoms with Crippen molar-refractivity contribution in [1.29, 1.82) is 5.26 Å². The fourth-order valence-electron chi connectivity index (χ4n) is 2.81. The van der Waals surface area contributed by atoms with Crippen LogP contribution in [0.2, 0.25) is 0 Å². The van der Waals surface area contributed by atoms with Crippen LogP contribution in [-0.4, -0.2) is 23.3 Å². The molecule has 2 aromatic carbocycles. The fraction of sp³-hybridized carbons (Fsp3) is 0.238. The summed E-state index contributed by atoms with van der Waals surface area (Å²) >= 11 is 0. The van der Waals surface area contributed by atoms with Crippen LogP contribution in [0.5, 0.6) is 11.5 Å². The first-order chi connectivity index (χ1) is 12.7. The molecular formula is C21H21N3O2. The molecule has 0 saturated carbocycles. The highest BCUT2D eigenvalue weighted by Gasteiger charge is 2.12. The first-order valence-corrected chi connectivity index (χ1v) is 8.52. The predicted molar refractivity (Wildman–Crippen MR) is 103 cm³/mol. The monoisotopic (exact) mass is 347 g/mol. The van der Waals surface area contributed by atoms with Gasteiger partial charge in [-0.15, -0.1) is 0 Å². The molecule has 1 heterocycles. The van der Waals surface area contributed by atoms with Gasteiger partial charge in [0.05, 0.1) is 30.3 Å². The maximum absolute atomic E-state index is 9.67. The molecule has 0 spiro atoms. The highest BCUT2D eigenvalue weighted by Crippen LogP contribution is 2.30. The fourth-order valence-corrected chi connectivity index (χ4v) is 2.81. The van der Waals surface area contributed by atoms with Crippen LogP contribution in [0.15, 0.2) is 42.5 Å². The molecular weight excluding hydrogens is 326 g/mol. The van der Waals surface area contributed by atoms with Crippen molar-refractivity contribution in [1.82, 2.24) is 9.55 Å². The second-order valence-electron chi connectivity index (χ2n) is 5.91. The molecule has 132 valence electrons. The highest BCUT2D eigenvalue weighted by atomic mass is 16.5. The van der Waals surface area contributed by atoms with Crippen LogP contribution >= 0.6 is 0 Å². The number of rotatable bonds is 6. The molecule has 0 aliphatic rings. The lowest BCUT2D eigenvalue weighted by atomic mass is 10.1. The normalized spacial score (nSPS) is 11.4. The maximum Gasteiger partial charge on any atom is 0.161 e. The molecule has 0 N–H and O–H groups in total. The van der Waals surface area contributed by atoms with Gasteiger partial charge in [-0.3, -0.25) is 0 Å². The highest BCUT2D eigenvalue weighted by molar-refractivity contribution is 5.91. The number of allylic oxidation sites excluding steroid dienone is 1. The van der Waals surface area contributed by atoms with Crippen molar-refractivity contribution in [2.24, 2.45) is 7.05 Å². The van der Waals surface area contributed by atoms with E-state index < -0.39 is 0 Å². The van der Waals surface area contributed by atoms with E-state index in [2.05, 4.69) is 18.0 Å². The van der Waals surface area contributed by atoms with Crippen molar-refractivity contribution in [2.75, 3.05) is 13.7 Å². The van der Waals surface area contributed by atoms with Crippen molar-refractivity contribution >= 4 is 22.7 Å². The summed E-state index contributed by atoms with van der Waals surface area (Å²) in [6.07, 6.45) is 2.73. The molecule has 0 aliphatic carbocycles. The lowest BCUT2D eigenvalue weighted by molar-refractivity contribution is 0.294. The van der Waals surface area contributed by atoms with Gasteiger partial charge in [0.25, 0.3) is 0 Å². The Morgan fingerprint density at radius 2 is 2.04 bits per heavy atom. The molecule has 5 heteroatoms. The number of ether oxygens (including phenoxy) is 2. The number of imidazole rings is 1. The predicted octanol–water partition coefficient (Wildman–Crippen LogP) is 4.43. The number of methoxy groups -OCH3 is 1. The average molecular weight is 347 g/mol. The van der Waals surface area contributed by atoms with Gasteiger partial charge in [0.2, 0.25) is 0 Å². The zero-order chi connectivity index (χ0) is 18.5. The zero-order valence-electron chi connectivity index (χ0n) is 15.2. The van der Waals surface area contributed by atoms with Gasteiger partial charge in [-0.25, -0.2) is 4.98 Å². The summed E-state index contributed by atoms with van der Waals surface area (Å²) in [6.45, 7) is 2.66. The molecule has 0 radical (unpaired) electrons. The minimum absolute atomic E-state index is 0.496. The Labute approximate surface area is 153 Å². The first-order valence-electron chi connectivity index (χ1n) is 8.52. The van der Waals surface area contributed by atoms with Crippen LogP contribution in [0.25, 0.3) is 22.7 Å². The molecule has 0 saturated heterocycles. The van der Waals surface area contributed by atoms with Crippen LogP contribution < -0.4 is 9.47 Å². The molecule has 0 fully saturated rings. The Morgan fingerprint density at radius 1 is 1.23 bits per heavy atom. The SMILES string of the molecule is CCCOc1cc(/C=C(\C#N)c2nc3ccccc3n2C)ccc1OC. The summed E-state index contributed by atoms with van der Waals surface area (Å²) in [5.74, 6) is 1.99. The zero-order valence-corrected chi connectivity index (χ0v) is 15.2. The Hall–Kier alpha value is -3.26. The van der Waals surface area contributed by atoms with E-state index in [-0.39, 0.29) is 0 Å². The van der Waals surface area contributed by atoms with E-state index in [1.807, 2.05) is 60.2 Å². The first kappa shape index (κ1) is 17.6. The number of nitriles is 1. The van der Waals surface area contributed by atoms with Gasteiger partial charge in [0.1, 0.15) is 6.07 Å². The molecule has 3 rings (SSSR count). The van der Waals surface area contributed by atoms with Gasteiger partial charge in [-0.1, -0.05) is 25.1 Å². The Balaban J connectivity index is 2.03. The second-order valence-corrected chi connectivity index (χ2v) is 5.91. The maximum atomic E-state index is 9.67. The summed E-state index contributed by atoms with van der Waals surface area (Å²) < 4.78 is 13.0. The van der Waals surface area contributed by atoms with E-state index in [1.54, 1.807) is 7.11 Å². The third kappa shape index (κ3) is 3.40. The molecule has 0 amide bonds. The molecule has 5 nitrogen and oxygen atoms in total. The minimum atomic E-state index is 0.496. The number of hydrogen-bond acceptors (Lipinski definition) is 4. The summed E-state index contributed by atoms with van der Waals surface area (Å²) in [5.41, 5.74) is 3.22. The Morgan fingerprint density at radius 3 is 2.73 bits per heavy atom. The van der Waals surface area contributed by atoms with Gasteiger partial charge >= 0.3 is 0 Å². The standard InChI is InChI=1S/C21H21N3O2/c1-4-11-26-20-13-15(9-10-19(20)25-3)12-16(14-22)21-23-17-7-5-6-8-18(17)24(21)2/h5-10,12-13H,4,11H2,1-3H3/b16-12+. The van der Waals surface area contributed by atoms with E-state index >= 15 is 0 Å². The van der Waals surface area contributed by atoms with Gasteiger partial charge in [0.15, 0.2) is 17.3 Å². The number of hydrogen-bond donors (Lipinski definition) is 0. The van der Waals surface area contributed by atoms with Crippen molar-refractivity contribution in [3.8, 4) is 17.6 Å². The molecule has 1 aromatic heterocycles. The van der Waals surface area contributed by atoms with Crippen molar-refractivity contribution in [3.63, 3.8) is 0 Å². The summed E-state index contributed by atoms with van der Waals surface area (Å²) in [5, 5.41) is 9.67. The number of fused-ring (bicyclic) bond motifs is 1. The van der Waals surface area contributed by atoms with Crippen LogP contribution in [0.4, 0.5) is 0 Å². The number of benzene rings is 2. The van der Waals surface area contributed by atoms with Crippen LogP contribution in [-0.2, 0) is 7.05 Å². The van der Waals surface area contributed by atoms with Gasteiger partial charge in [0, 0.05) is 7.05 Å². The number of para-hydroxylation sites is 2. The minimum Gasteiger partial charge on any atom is -0.493 e. The van der Waals surface area contributed by atoms with Crippen molar-refractivity contribution in [2.45, 2.75) is 13.3 Å². The number of aryl methyl sites for hydroxylation is 1. The van der Waals surface area contributed by atoms with Crippen LogP contribution in [0, 0.1) is 11.3 Å². The van der Waals surface area contributed by atoms with Crippen LogP contribution in [0.3, 0.4) is 0 Å². The number of nitrogens with zero attached hydrogens (tertiary/aromatic N) is 3. The molecule has 26 heavy (non-hydrogen) atoms. The van der Waals surface area contributed by atoms with E-state index in [0.29, 0.717) is 29.5 Å². The summed E-state index contributed by atoms with van der Waals surface area (Å²) in [6, 6.07) is 15.7. The van der Waals surface area contributed by atoms with Gasteiger partial charge < -0.3 is 14.0 Å². The van der Waals surface area contributed by atoms with E-state index in [0.717, 1.165) is 23.0 Å². The van der Waals surface area contributed by atoms with E-state index in [4.69, 9.17) is 9.47 Å². The van der Waals surface area contributed by atoms with Crippen LogP contribution in [0.1, 0.15) is 24.7 Å². The van der Waals surface area contributed by atoms with E-state index in [9.17, 15) is 5.26 Å². The molecule has 0 bridgehead atoms. The lowest BCUT2D eigenvalue weighted by Gasteiger charge is -2.10. The van der Waals surface area contributed by atoms with Gasteiger partial charge in [-0.2, -0.15) is 5.26 Å². The molecule has 3 aromatic rings. The summed E-state index contributed by atoms with van der Waals surface area (Å²) in [4.78, 5) is 4.60. The topological polar surface area (TPSA) is 60.1 Å². The average Bonchev–Trinajstić information content (AvgIpc) is 3.01. The number of aromatic nitrogens is 2. The van der Waals surface area contributed by atoms with Crippen molar-refractivity contribution in [3.05, 3.63) is 53.9 Å². The third-order valence-corrected chi connectivity index (χ3v) is 4.11. The molecule has 0 atom stereocenters. The van der Waals surface area contributed by atoms with E-state index in [1.165, 1.54) is 0 Å². The third-order valence-electron chi connectivity index (χ3n) is 4.11. The largest absolute Gasteiger partial charge is 0.493 e. The van der Waals surface area contributed by atoms with Crippen molar-refractivity contribution < 1.29 is 9.47 Å². The Kier molecular flexibility index (Phi) is 5.23. The Bertz CT molecular complexity index is 996. The smallest absolute Gasteiger partial charge is 0.161 e. The summed E-state index contributed by atoms with van der Waals surface area (Å²) in [7, 11) is 3.53. The second kappa shape index (κ2) is 7.75. The molecule has 0 aliphatic heterocycles.